The van der Waals surface area contributed by atoms with Crippen molar-refractivity contribution in [3.8, 4) is 0 Å². The molecule has 0 bridgehead atoms. The topological polar surface area (TPSA) is 84.9 Å². The Morgan fingerprint density at radius 3 is 2.05 bits per heavy atom. The molecule has 22 heavy (non-hydrogen) atoms. The van der Waals surface area contributed by atoms with Gasteiger partial charge in [0.2, 0.25) is 0 Å². The summed E-state index contributed by atoms with van der Waals surface area (Å²) in [5.41, 5.74) is 0. The van der Waals surface area contributed by atoms with Crippen LogP contribution >= 0.6 is 0 Å². The van der Waals surface area contributed by atoms with Crippen LogP contribution in [0.3, 0.4) is 0 Å². The van der Waals surface area contributed by atoms with E-state index in [1.54, 1.807) is 0 Å². The summed E-state index contributed by atoms with van der Waals surface area (Å²) in [7, 11) is -2.32. The molecule has 0 radical (unpaired) electrons. The highest BCUT2D eigenvalue weighted by molar-refractivity contribution is 6.75. The second-order valence-electron chi connectivity index (χ2n) is 7.54. The van der Waals surface area contributed by atoms with Crippen molar-refractivity contribution in [2.45, 2.75) is 71.8 Å². The molecule has 7 heteroatoms. The molecule has 0 aromatic heterocycles. The van der Waals surface area contributed by atoms with E-state index in [2.05, 4.69) is 5.32 Å². The predicted molar refractivity (Wildman–Crippen MR) is 88.1 cm³/mol. The van der Waals surface area contributed by atoms with E-state index in [0.717, 1.165) is 0 Å². The summed E-state index contributed by atoms with van der Waals surface area (Å²) in [5, 5.41) is 12.0. The van der Waals surface area contributed by atoms with Gasteiger partial charge in [-0.3, -0.25) is 4.79 Å². The molecule has 2 atom stereocenters. The van der Waals surface area contributed by atoms with Crippen molar-refractivity contribution in [1.82, 2.24) is 5.32 Å². The highest BCUT2D eigenvalue weighted by Gasteiger charge is 2.42. The van der Waals surface area contributed by atoms with Crippen molar-refractivity contribution in [1.29, 1.82) is 0 Å². The van der Waals surface area contributed by atoms with Crippen molar-refractivity contribution in [3.05, 3.63) is 0 Å². The van der Waals surface area contributed by atoms with E-state index < -0.39 is 32.5 Å². The number of hydrogen-bond donors (Lipinski definition) is 2. The fraction of sp³-hybridized carbons (Fsp3) is 0.867. The molecule has 0 spiro atoms. The average Bonchev–Trinajstić information content (AvgIpc) is 2.30. The number of hydrogen-bond acceptors (Lipinski definition) is 5. The molecule has 2 unspecified atom stereocenters. The van der Waals surface area contributed by atoms with Gasteiger partial charge in [-0.15, -0.1) is 0 Å². The third kappa shape index (κ3) is 6.78. The maximum absolute atomic E-state index is 12.3. The molecular weight excluding hydrogens is 302 g/mol. The summed E-state index contributed by atoms with van der Waals surface area (Å²) >= 11 is 0. The molecule has 0 heterocycles. The lowest BCUT2D eigenvalue weighted by Crippen LogP contribution is -2.53. The summed E-state index contributed by atoms with van der Waals surface area (Å²) in [4.78, 5) is 24.0. The summed E-state index contributed by atoms with van der Waals surface area (Å²) < 4.78 is 10.6. The monoisotopic (exact) mass is 333 g/mol. The molecule has 2 N–H and O–H groups in total. The Kier molecular flexibility index (Phi) is 7.57. The van der Waals surface area contributed by atoms with Gasteiger partial charge < -0.3 is 19.6 Å². The van der Waals surface area contributed by atoms with E-state index >= 15 is 0 Å². The van der Waals surface area contributed by atoms with Crippen LogP contribution in [0, 0.1) is 5.92 Å². The van der Waals surface area contributed by atoms with Gasteiger partial charge in [0.1, 0.15) is 0 Å². The van der Waals surface area contributed by atoms with E-state index in [4.69, 9.17) is 9.16 Å². The predicted octanol–water partition coefficient (Wildman–Crippen LogP) is 2.67. The fourth-order valence-electron chi connectivity index (χ4n) is 1.26. The van der Waals surface area contributed by atoms with Gasteiger partial charge in [0.05, 0.1) is 12.7 Å². The quantitative estimate of drug-likeness (QED) is 0.730. The molecule has 0 fully saturated rings. The largest absolute Gasteiger partial charge is 0.518 e. The van der Waals surface area contributed by atoms with Gasteiger partial charge >= 0.3 is 12.1 Å². The third-order valence-electron chi connectivity index (χ3n) is 3.72. The second-order valence-corrected chi connectivity index (χ2v) is 12.3. The van der Waals surface area contributed by atoms with Crippen LogP contribution in [0.25, 0.3) is 0 Å². The molecule has 0 aliphatic carbocycles. The number of aliphatic hydroxyl groups excluding tert-OH is 1. The standard InChI is InChI=1S/C15H31NO5Si/c1-10(2)9-20-14(19)16-12(11(3)17)13(18)21-22(7,8)15(4,5)6/h10-12,17H,9H2,1-8H3,(H,16,19). The zero-order valence-electron chi connectivity index (χ0n) is 15.0. The summed E-state index contributed by atoms with van der Waals surface area (Å²) in [5.74, 6) is -0.432. The molecule has 0 saturated heterocycles. The van der Waals surface area contributed by atoms with Crippen LogP contribution in [0.1, 0.15) is 41.5 Å². The van der Waals surface area contributed by atoms with Gasteiger partial charge in [-0.1, -0.05) is 34.6 Å². The molecule has 130 valence electrons. The normalized spacial score (nSPS) is 15.2. The van der Waals surface area contributed by atoms with Crippen LogP contribution in [0.5, 0.6) is 0 Å². The summed E-state index contributed by atoms with van der Waals surface area (Å²) in [6, 6.07) is -1.13. The highest BCUT2D eigenvalue weighted by Crippen LogP contribution is 2.36. The SMILES string of the molecule is CC(C)COC(=O)NC(C(=O)O[Si](C)(C)C(C)(C)C)C(C)O. The highest BCUT2D eigenvalue weighted by atomic mass is 28.4. The van der Waals surface area contributed by atoms with Crippen LogP contribution in [-0.2, 0) is 14.0 Å². The van der Waals surface area contributed by atoms with E-state index in [1.807, 2.05) is 47.7 Å². The Morgan fingerprint density at radius 1 is 1.18 bits per heavy atom. The lowest BCUT2D eigenvalue weighted by molar-refractivity contribution is -0.140. The van der Waals surface area contributed by atoms with E-state index in [-0.39, 0.29) is 17.6 Å². The Hall–Kier alpha value is -1.08. The minimum Gasteiger partial charge on any atom is -0.518 e. The van der Waals surface area contributed by atoms with Gasteiger partial charge in [-0.05, 0) is 31.0 Å². The first kappa shape index (κ1) is 20.9. The number of ether oxygens (including phenoxy) is 1. The van der Waals surface area contributed by atoms with Crippen LogP contribution in [0.2, 0.25) is 18.1 Å². The maximum atomic E-state index is 12.3. The maximum Gasteiger partial charge on any atom is 0.407 e. The molecule has 6 nitrogen and oxygen atoms in total. The molecule has 0 aliphatic rings. The lowest BCUT2D eigenvalue weighted by Gasteiger charge is -2.36. The van der Waals surface area contributed by atoms with E-state index in [9.17, 15) is 14.7 Å². The number of alkyl carbamates (subject to hydrolysis) is 1. The molecule has 1 amide bonds. The Bertz CT molecular complexity index is 388. The molecule has 0 aromatic rings. The van der Waals surface area contributed by atoms with Crippen LogP contribution in [0.4, 0.5) is 4.79 Å². The van der Waals surface area contributed by atoms with Crippen molar-refractivity contribution in [2.75, 3.05) is 6.61 Å². The van der Waals surface area contributed by atoms with Crippen LogP contribution < -0.4 is 5.32 Å². The first-order valence-electron chi connectivity index (χ1n) is 7.62. The van der Waals surface area contributed by atoms with Crippen LogP contribution in [0.15, 0.2) is 0 Å². The van der Waals surface area contributed by atoms with Gasteiger partial charge in [0, 0.05) is 0 Å². The van der Waals surface area contributed by atoms with Gasteiger partial charge in [-0.2, -0.15) is 0 Å². The number of nitrogens with one attached hydrogen (secondary N) is 1. The molecular formula is C15H31NO5Si. The molecule has 0 saturated carbocycles. The number of aliphatic hydroxyl groups is 1. The lowest BCUT2D eigenvalue weighted by atomic mass is 10.2. The van der Waals surface area contributed by atoms with Crippen LogP contribution in [-0.4, -0.2) is 44.2 Å². The first-order valence-corrected chi connectivity index (χ1v) is 10.5. The third-order valence-corrected chi connectivity index (χ3v) is 8.04. The average molecular weight is 334 g/mol. The number of amides is 1. The van der Waals surface area contributed by atoms with Crippen molar-refractivity contribution in [3.63, 3.8) is 0 Å². The Labute approximate surface area is 134 Å². The number of carbonyl (C=O) groups excluding carboxylic acids is 2. The van der Waals surface area contributed by atoms with E-state index in [0.29, 0.717) is 0 Å². The zero-order valence-corrected chi connectivity index (χ0v) is 16.0. The number of carbonyl (C=O) groups is 2. The minimum atomic E-state index is -2.32. The molecule has 0 aromatic carbocycles. The summed E-state index contributed by atoms with van der Waals surface area (Å²) in [6.45, 7) is 15.4. The molecule has 0 aliphatic heterocycles. The van der Waals surface area contributed by atoms with Gasteiger partial charge in [0.25, 0.3) is 8.32 Å². The second kappa shape index (κ2) is 7.96. The van der Waals surface area contributed by atoms with Gasteiger partial charge in [-0.25, -0.2) is 4.79 Å². The van der Waals surface area contributed by atoms with Crippen molar-refractivity contribution >= 4 is 20.4 Å². The smallest absolute Gasteiger partial charge is 0.407 e. The zero-order chi connectivity index (χ0) is 17.7. The number of rotatable bonds is 6. The van der Waals surface area contributed by atoms with Crippen molar-refractivity contribution < 1.29 is 23.9 Å². The minimum absolute atomic E-state index is 0.149. The Balaban J connectivity index is 4.83. The first-order chi connectivity index (χ1) is 9.78. The molecule has 0 rings (SSSR count). The fourth-order valence-corrected chi connectivity index (χ4v) is 2.19. The van der Waals surface area contributed by atoms with Gasteiger partial charge in [0.15, 0.2) is 6.04 Å². The van der Waals surface area contributed by atoms with E-state index in [1.165, 1.54) is 6.92 Å². The Morgan fingerprint density at radius 2 is 1.68 bits per heavy atom. The van der Waals surface area contributed by atoms with Crippen molar-refractivity contribution in [2.24, 2.45) is 5.92 Å². The summed E-state index contributed by atoms with van der Waals surface area (Å²) in [6.07, 6.45) is -1.80.